The maximum Gasteiger partial charge on any atom is 0.416 e. The van der Waals surface area contributed by atoms with Gasteiger partial charge in [0.2, 0.25) is 5.91 Å². The van der Waals surface area contributed by atoms with Crippen LogP contribution in [-0.4, -0.2) is 41.1 Å². The number of carbonyl (C=O) groups is 1. The van der Waals surface area contributed by atoms with Crippen LogP contribution in [0, 0.1) is 5.92 Å². The number of halogens is 7. The zero-order chi connectivity index (χ0) is 27.7. The number of anilines is 1. The van der Waals surface area contributed by atoms with Crippen molar-refractivity contribution >= 4 is 23.3 Å². The van der Waals surface area contributed by atoms with Crippen molar-refractivity contribution in [3.63, 3.8) is 0 Å². The highest BCUT2D eigenvalue weighted by atomic mass is 35.5. The van der Waals surface area contributed by atoms with E-state index in [-0.39, 0.29) is 28.6 Å². The van der Waals surface area contributed by atoms with Gasteiger partial charge in [0, 0.05) is 38.5 Å². The van der Waals surface area contributed by atoms with Gasteiger partial charge in [-0.25, -0.2) is 0 Å². The van der Waals surface area contributed by atoms with Crippen molar-refractivity contribution in [1.29, 1.82) is 0 Å². The molecule has 0 unspecified atom stereocenters. The number of piperidine rings is 1. The van der Waals surface area contributed by atoms with Crippen molar-refractivity contribution in [3.8, 4) is 0 Å². The molecule has 2 atom stereocenters. The quantitative estimate of drug-likeness (QED) is 0.340. The number of aromatic nitrogens is 2. The molecule has 0 saturated carbocycles. The van der Waals surface area contributed by atoms with Gasteiger partial charge in [-0.1, -0.05) is 41.9 Å². The summed E-state index contributed by atoms with van der Waals surface area (Å²) in [6.07, 6.45) is -9.54. The highest BCUT2D eigenvalue weighted by molar-refractivity contribution is 6.29. The number of hydrogen-bond acceptors (Lipinski definition) is 4. The summed E-state index contributed by atoms with van der Waals surface area (Å²) < 4.78 is 79.7. The standard InChI is InChI=1S/C26H23ClF6N4O/c1-36(14-16-11-18(25(28,29)30)13-19(12-16)26(31,32)33)24(38)20-9-10-37(23-8-7-22(27)34-35-23)15-21(20)17-5-3-2-4-6-17/h2-8,11-13,20-21H,9-10,14-15H2,1H3/t20-,21-/m0/s1. The predicted octanol–water partition coefficient (Wildman–Crippen LogP) is 6.44. The predicted molar refractivity (Wildman–Crippen MR) is 129 cm³/mol. The Hall–Kier alpha value is -3.34. The van der Waals surface area contributed by atoms with Crippen molar-refractivity contribution in [2.45, 2.75) is 31.2 Å². The third-order valence-electron chi connectivity index (χ3n) is 6.54. The topological polar surface area (TPSA) is 49.3 Å². The first-order chi connectivity index (χ1) is 17.8. The van der Waals surface area contributed by atoms with Gasteiger partial charge in [-0.05, 0) is 47.9 Å². The monoisotopic (exact) mass is 556 g/mol. The number of hydrogen-bond donors (Lipinski definition) is 0. The maximum atomic E-state index is 13.6. The van der Waals surface area contributed by atoms with E-state index in [1.165, 1.54) is 11.9 Å². The Labute approximate surface area is 220 Å². The molecule has 2 heterocycles. The van der Waals surface area contributed by atoms with Crippen molar-refractivity contribution in [2.75, 3.05) is 25.0 Å². The minimum atomic E-state index is -4.96. The molecule has 12 heteroatoms. The summed E-state index contributed by atoms with van der Waals surface area (Å²) in [5.41, 5.74) is -2.21. The van der Waals surface area contributed by atoms with Gasteiger partial charge in [0.15, 0.2) is 11.0 Å². The Morgan fingerprint density at radius 3 is 2.16 bits per heavy atom. The molecule has 38 heavy (non-hydrogen) atoms. The zero-order valence-electron chi connectivity index (χ0n) is 20.1. The summed E-state index contributed by atoms with van der Waals surface area (Å²) in [5.74, 6) is -0.638. The average Bonchev–Trinajstić information content (AvgIpc) is 2.87. The molecular formula is C26H23ClF6N4O. The third kappa shape index (κ3) is 6.38. The van der Waals surface area contributed by atoms with E-state index >= 15 is 0 Å². The highest BCUT2D eigenvalue weighted by Gasteiger charge is 2.39. The molecule has 0 aliphatic carbocycles. The van der Waals surface area contributed by atoms with Crippen molar-refractivity contribution < 1.29 is 31.1 Å². The van der Waals surface area contributed by atoms with E-state index in [0.717, 1.165) is 5.56 Å². The van der Waals surface area contributed by atoms with E-state index in [0.29, 0.717) is 37.5 Å². The van der Waals surface area contributed by atoms with E-state index in [4.69, 9.17) is 11.6 Å². The second-order valence-corrected chi connectivity index (χ2v) is 9.57. The Kier molecular flexibility index (Phi) is 7.87. The van der Waals surface area contributed by atoms with Gasteiger partial charge >= 0.3 is 12.4 Å². The average molecular weight is 557 g/mol. The van der Waals surface area contributed by atoms with Gasteiger partial charge in [0.1, 0.15) is 0 Å². The highest BCUT2D eigenvalue weighted by Crippen LogP contribution is 2.38. The fourth-order valence-corrected chi connectivity index (χ4v) is 4.82. The van der Waals surface area contributed by atoms with Crippen LogP contribution in [0.25, 0.3) is 0 Å². The number of amides is 1. The molecule has 2 aromatic carbocycles. The van der Waals surface area contributed by atoms with Crippen LogP contribution < -0.4 is 4.90 Å². The molecular weight excluding hydrogens is 534 g/mol. The lowest BCUT2D eigenvalue weighted by molar-refractivity contribution is -0.143. The number of rotatable bonds is 5. The molecule has 202 valence electrons. The van der Waals surface area contributed by atoms with E-state index in [1.807, 2.05) is 35.2 Å². The van der Waals surface area contributed by atoms with Gasteiger partial charge in [0.05, 0.1) is 11.1 Å². The van der Waals surface area contributed by atoms with E-state index < -0.39 is 35.9 Å². The van der Waals surface area contributed by atoms with Crippen LogP contribution >= 0.6 is 11.6 Å². The first kappa shape index (κ1) is 27.7. The van der Waals surface area contributed by atoms with Crippen LogP contribution in [0.3, 0.4) is 0 Å². The number of benzene rings is 2. The Morgan fingerprint density at radius 2 is 1.61 bits per heavy atom. The van der Waals surface area contributed by atoms with Gasteiger partial charge < -0.3 is 9.80 Å². The van der Waals surface area contributed by atoms with E-state index in [9.17, 15) is 31.1 Å². The number of nitrogens with zero attached hydrogens (tertiary/aromatic N) is 4. The molecule has 1 aliphatic rings. The molecule has 1 aliphatic heterocycles. The lowest BCUT2D eigenvalue weighted by Crippen LogP contribution is -2.46. The molecule has 0 radical (unpaired) electrons. The van der Waals surface area contributed by atoms with Crippen molar-refractivity contribution in [1.82, 2.24) is 15.1 Å². The molecule has 3 aromatic rings. The van der Waals surface area contributed by atoms with Gasteiger partial charge in [0.25, 0.3) is 0 Å². The molecule has 4 rings (SSSR count). The molecule has 1 amide bonds. The molecule has 0 spiro atoms. The van der Waals surface area contributed by atoms with Crippen LogP contribution in [0.15, 0.2) is 60.7 Å². The van der Waals surface area contributed by atoms with Crippen LogP contribution in [0.5, 0.6) is 0 Å². The Bertz CT molecular complexity index is 1240. The van der Waals surface area contributed by atoms with Gasteiger partial charge in [-0.3, -0.25) is 4.79 Å². The number of alkyl halides is 6. The van der Waals surface area contributed by atoms with E-state index in [1.54, 1.807) is 12.1 Å². The first-order valence-corrected chi connectivity index (χ1v) is 12.0. The fraction of sp³-hybridized carbons (Fsp3) is 0.346. The van der Waals surface area contributed by atoms with E-state index in [2.05, 4.69) is 10.2 Å². The first-order valence-electron chi connectivity index (χ1n) is 11.7. The smallest absolute Gasteiger partial charge is 0.354 e. The lowest BCUT2D eigenvalue weighted by Gasteiger charge is -2.40. The van der Waals surface area contributed by atoms with Crippen LogP contribution in [0.4, 0.5) is 32.2 Å². The van der Waals surface area contributed by atoms with Crippen LogP contribution in [0.1, 0.15) is 34.6 Å². The summed E-state index contributed by atoms with van der Waals surface area (Å²) >= 11 is 5.84. The summed E-state index contributed by atoms with van der Waals surface area (Å²) in [5, 5.41) is 8.22. The fourth-order valence-electron chi connectivity index (χ4n) is 4.72. The Balaban J connectivity index is 1.59. The third-order valence-corrected chi connectivity index (χ3v) is 6.74. The summed E-state index contributed by atoms with van der Waals surface area (Å²) in [7, 11) is 1.38. The second kappa shape index (κ2) is 10.8. The molecule has 1 saturated heterocycles. The normalized spacial score (nSPS) is 18.4. The summed E-state index contributed by atoms with van der Waals surface area (Å²) in [6.45, 7) is 0.453. The minimum absolute atomic E-state index is 0.0755. The number of carbonyl (C=O) groups excluding carboxylic acids is 1. The van der Waals surface area contributed by atoms with Crippen LogP contribution in [0.2, 0.25) is 5.15 Å². The minimum Gasteiger partial charge on any atom is -0.354 e. The summed E-state index contributed by atoms with van der Waals surface area (Å²) in [6, 6.07) is 14.0. The largest absolute Gasteiger partial charge is 0.416 e. The molecule has 5 nitrogen and oxygen atoms in total. The van der Waals surface area contributed by atoms with Crippen molar-refractivity contribution in [3.05, 3.63) is 88.1 Å². The molecule has 1 aromatic heterocycles. The molecule has 0 N–H and O–H groups in total. The second-order valence-electron chi connectivity index (χ2n) is 9.18. The van der Waals surface area contributed by atoms with Crippen molar-refractivity contribution in [2.24, 2.45) is 5.92 Å². The molecule has 0 bridgehead atoms. The zero-order valence-corrected chi connectivity index (χ0v) is 20.9. The SMILES string of the molecule is CN(Cc1cc(C(F)(F)F)cc(C(F)(F)F)c1)C(=O)[C@H]1CCN(c2ccc(Cl)nn2)C[C@H]1c1ccccc1. The van der Waals surface area contributed by atoms with Gasteiger partial charge in [-0.2, -0.15) is 26.3 Å². The van der Waals surface area contributed by atoms with Crippen LogP contribution in [-0.2, 0) is 23.7 Å². The summed E-state index contributed by atoms with van der Waals surface area (Å²) in [4.78, 5) is 16.7. The van der Waals surface area contributed by atoms with Gasteiger partial charge in [-0.15, -0.1) is 10.2 Å². The maximum absolute atomic E-state index is 13.6. The lowest BCUT2D eigenvalue weighted by atomic mass is 9.79. The molecule has 1 fully saturated rings. The Morgan fingerprint density at radius 1 is 0.974 bits per heavy atom.